The Morgan fingerprint density at radius 2 is 2.00 bits per heavy atom. The highest BCUT2D eigenvalue weighted by molar-refractivity contribution is 5.44. The maximum atomic E-state index is 9.42. The number of rotatable bonds is 5. The van der Waals surface area contributed by atoms with Crippen LogP contribution in [0.15, 0.2) is 48.5 Å². The lowest BCUT2D eigenvalue weighted by molar-refractivity contribution is 0.310. The van der Waals surface area contributed by atoms with E-state index in [1.54, 1.807) is 12.1 Å². The smallest absolute Gasteiger partial charge is 0.127 e. The SMILES string of the molecule is Oc1ccc2c(c1)OCC2NCCCc1ccccc1. The van der Waals surface area contributed by atoms with Crippen molar-refractivity contribution in [3.8, 4) is 11.5 Å². The highest BCUT2D eigenvalue weighted by atomic mass is 16.5. The second kappa shape index (κ2) is 5.97. The normalized spacial score (nSPS) is 16.7. The van der Waals surface area contributed by atoms with E-state index >= 15 is 0 Å². The Labute approximate surface area is 119 Å². The third-order valence-electron chi connectivity index (χ3n) is 3.65. The average molecular weight is 269 g/mol. The molecule has 104 valence electrons. The second-order valence-electron chi connectivity index (χ2n) is 5.13. The fourth-order valence-corrected chi connectivity index (χ4v) is 2.58. The van der Waals surface area contributed by atoms with Crippen LogP contribution in [-0.2, 0) is 6.42 Å². The maximum absolute atomic E-state index is 9.42. The number of phenols is 1. The number of fused-ring (bicyclic) bond motifs is 1. The third kappa shape index (κ3) is 2.94. The molecule has 3 nitrogen and oxygen atoms in total. The van der Waals surface area contributed by atoms with Crippen molar-refractivity contribution in [2.75, 3.05) is 13.2 Å². The Bertz CT molecular complexity index is 568. The predicted molar refractivity (Wildman–Crippen MR) is 79.1 cm³/mol. The van der Waals surface area contributed by atoms with Crippen molar-refractivity contribution in [1.82, 2.24) is 5.32 Å². The largest absolute Gasteiger partial charge is 0.508 e. The second-order valence-corrected chi connectivity index (χ2v) is 5.13. The summed E-state index contributed by atoms with van der Waals surface area (Å²) in [6, 6.07) is 16.1. The molecule has 0 spiro atoms. The molecule has 20 heavy (non-hydrogen) atoms. The summed E-state index contributed by atoms with van der Waals surface area (Å²) in [5.41, 5.74) is 2.52. The fraction of sp³-hybridized carbons (Fsp3) is 0.294. The predicted octanol–water partition coefficient (Wildman–Crippen LogP) is 3.05. The van der Waals surface area contributed by atoms with Crippen LogP contribution in [0.3, 0.4) is 0 Å². The van der Waals surface area contributed by atoms with Gasteiger partial charge in [-0.1, -0.05) is 30.3 Å². The van der Waals surface area contributed by atoms with Gasteiger partial charge >= 0.3 is 0 Å². The van der Waals surface area contributed by atoms with Crippen molar-refractivity contribution in [3.05, 3.63) is 59.7 Å². The molecule has 1 aliphatic heterocycles. The van der Waals surface area contributed by atoms with E-state index in [-0.39, 0.29) is 11.8 Å². The molecule has 3 rings (SSSR count). The lowest BCUT2D eigenvalue weighted by Crippen LogP contribution is -2.23. The standard InChI is InChI=1S/C17H19NO2/c19-14-8-9-15-16(12-20-17(15)11-14)18-10-4-7-13-5-2-1-3-6-13/h1-3,5-6,8-9,11,16,18-19H,4,7,10,12H2. The molecule has 0 saturated heterocycles. The van der Waals surface area contributed by atoms with E-state index in [0.29, 0.717) is 6.61 Å². The van der Waals surface area contributed by atoms with Gasteiger partial charge in [-0.05, 0) is 37.1 Å². The first-order valence-electron chi connectivity index (χ1n) is 7.06. The van der Waals surface area contributed by atoms with Crippen LogP contribution >= 0.6 is 0 Å². The zero-order chi connectivity index (χ0) is 13.8. The summed E-state index contributed by atoms with van der Waals surface area (Å²) in [6.07, 6.45) is 2.19. The Morgan fingerprint density at radius 3 is 2.85 bits per heavy atom. The molecule has 3 heteroatoms. The van der Waals surface area contributed by atoms with Crippen molar-refractivity contribution in [3.63, 3.8) is 0 Å². The molecule has 0 fully saturated rings. The number of phenolic OH excluding ortho intramolecular Hbond substituents is 1. The lowest BCUT2D eigenvalue weighted by Gasteiger charge is -2.11. The first-order valence-corrected chi connectivity index (χ1v) is 7.06. The lowest BCUT2D eigenvalue weighted by atomic mass is 10.1. The first-order chi connectivity index (χ1) is 9.83. The number of nitrogens with one attached hydrogen (secondary N) is 1. The zero-order valence-corrected chi connectivity index (χ0v) is 11.4. The molecule has 1 atom stereocenters. The molecule has 0 aromatic heterocycles. The maximum Gasteiger partial charge on any atom is 0.127 e. The average Bonchev–Trinajstić information content (AvgIpc) is 2.87. The van der Waals surface area contributed by atoms with Crippen molar-refractivity contribution >= 4 is 0 Å². The summed E-state index contributed by atoms with van der Waals surface area (Å²) in [6.45, 7) is 1.60. The van der Waals surface area contributed by atoms with Gasteiger partial charge in [-0.15, -0.1) is 0 Å². The number of hydrogen-bond acceptors (Lipinski definition) is 3. The molecule has 1 aliphatic rings. The van der Waals surface area contributed by atoms with Crippen LogP contribution < -0.4 is 10.1 Å². The van der Waals surface area contributed by atoms with Gasteiger partial charge in [-0.2, -0.15) is 0 Å². The number of ether oxygens (including phenoxy) is 1. The molecular formula is C17H19NO2. The van der Waals surface area contributed by atoms with E-state index in [4.69, 9.17) is 4.74 Å². The van der Waals surface area contributed by atoms with Crippen LogP contribution in [0, 0.1) is 0 Å². The van der Waals surface area contributed by atoms with Gasteiger partial charge in [0.05, 0.1) is 6.04 Å². The van der Waals surface area contributed by atoms with Crippen LogP contribution in [0.5, 0.6) is 11.5 Å². The Morgan fingerprint density at radius 1 is 1.15 bits per heavy atom. The quantitative estimate of drug-likeness (QED) is 0.820. The van der Waals surface area contributed by atoms with E-state index in [1.807, 2.05) is 12.1 Å². The van der Waals surface area contributed by atoms with Gasteiger partial charge in [-0.25, -0.2) is 0 Å². The van der Waals surface area contributed by atoms with Gasteiger partial charge in [0.1, 0.15) is 18.1 Å². The Kier molecular flexibility index (Phi) is 3.88. The molecular weight excluding hydrogens is 250 g/mol. The Hall–Kier alpha value is -2.00. The first kappa shape index (κ1) is 13.0. The fourth-order valence-electron chi connectivity index (χ4n) is 2.58. The molecule has 0 saturated carbocycles. The number of aryl methyl sites for hydroxylation is 1. The summed E-state index contributed by atoms with van der Waals surface area (Å²) in [5, 5.41) is 12.9. The minimum absolute atomic E-state index is 0.237. The van der Waals surface area contributed by atoms with E-state index in [9.17, 15) is 5.11 Å². The minimum atomic E-state index is 0.237. The van der Waals surface area contributed by atoms with Crippen LogP contribution in [0.1, 0.15) is 23.6 Å². The van der Waals surface area contributed by atoms with Crippen LogP contribution in [0.25, 0.3) is 0 Å². The van der Waals surface area contributed by atoms with Crippen molar-refractivity contribution in [2.45, 2.75) is 18.9 Å². The van der Waals surface area contributed by atoms with Gasteiger partial charge < -0.3 is 15.2 Å². The number of hydrogen-bond donors (Lipinski definition) is 2. The van der Waals surface area contributed by atoms with Gasteiger partial charge in [0.2, 0.25) is 0 Å². The van der Waals surface area contributed by atoms with E-state index < -0.39 is 0 Å². The highest BCUT2D eigenvalue weighted by Crippen LogP contribution is 2.34. The topological polar surface area (TPSA) is 41.5 Å². The molecule has 2 N–H and O–H groups in total. The summed E-state index contributed by atoms with van der Waals surface area (Å²) in [4.78, 5) is 0. The number of benzene rings is 2. The molecule has 2 aromatic carbocycles. The highest BCUT2D eigenvalue weighted by Gasteiger charge is 2.23. The van der Waals surface area contributed by atoms with Crippen LogP contribution in [-0.4, -0.2) is 18.3 Å². The molecule has 0 bridgehead atoms. The van der Waals surface area contributed by atoms with Gasteiger partial charge in [0.25, 0.3) is 0 Å². The summed E-state index contributed by atoms with van der Waals surface area (Å²) in [7, 11) is 0. The third-order valence-corrected chi connectivity index (χ3v) is 3.65. The Balaban J connectivity index is 1.49. The molecule has 1 unspecified atom stereocenters. The summed E-state index contributed by atoms with van der Waals surface area (Å²) >= 11 is 0. The summed E-state index contributed by atoms with van der Waals surface area (Å²) < 4.78 is 5.58. The molecule has 0 amide bonds. The molecule has 0 radical (unpaired) electrons. The van der Waals surface area contributed by atoms with Gasteiger partial charge in [0.15, 0.2) is 0 Å². The van der Waals surface area contributed by atoms with Crippen molar-refractivity contribution in [2.24, 2.45) is 0 Å². The molecule has 2 aromatic rings. The number of aromatic hydroxyl groups is 1. The molecule has 0 aliphatic carbocycles. The minimum Gasteiger partial charge on any atom is -0.508 e. The van der Waals surface area contributed by atoms with Gasteiger partial charge in [0, 0.05) is 11.6 Å². The van der Waals surface area contributed by atoms with E-state index in [2.05, 4.69) is 29.6 Å². The van der Waals surface area contributed by atoms with Crippen LogP contribution in [0.2, 0.25) is 0 Å². The monoisotopic (exact) mass is 269 g/mol. The van der Waals surface area contributed by atoms with E-state index in [1.165, 1.54) is 5.56 Å². The zero-order valence-electron chi connectivity index (χ0n) is 11.4. The van der Waals surface area contributed by atoms with Gasteiger partial charge in [-0.3, -0.25) is 0 Å². The van der Waals surface area contributed by atoms with E-state index in [0.717, 1.165) is 30.7 Å². The van der Waals surface area contributed by atoms with Crippen LogP contribution in [0.4, 0.5) is 0 Å². The van der Waals surface area contributed by atoms with Crippen molar-refractivity contribution < 1.29 is 9.84 Å². The molecule has 1 heterocycles. The van der Waals surface area contributed by atoms with Crippen molar-refractivity contribution in [1.29, 1.82) is 0 Å². The summed E-state index contributed by atoms with van der Waals surface area (Å²) in [5.74, 6) is 1.05.